The lowest BCUT2D eigenvalue weighted by Crippen LogP contribution is -2.06. The summed E-state index contributed by atoms with van der Waals surface area (Å²) in [6.07, 6.45) is 0.257. The molecule has 1 heterocycles. The van der Waals surface area contributed by atoms with Crippen molar-refractivity contribution >= 4 is 34.8 Å². The number of aliphatic carboxylic acids is 1. The lowest BCUT2D eigenvalue weighted by Gasteiger charge is -2.08. The molecule has 0 atom stereocenters. The number of rotatable bonds is 9. The molecule has 0 fully saturated rings. The van der Waals surface area contributed by atoms with Crippen molar-refractivity contribution in [2.24, 2.45) is 5.16 Å². The maximum absolute atomic E-state index is 10.8. The molecule has 0 aliphatic carbocycles. The molecule has 0 aliphatic heterocycles. The van der Waals surface area contributed by atoms with E-state index in [0.717, 1.165) is 21.7 Å². The zero-order valence-corrected chi connectivity index (χ0v) is 17.1. The Morgan fingerprint density at radius 2 is 1.86 bits per heavy atom. The number of nitrogens with zero attached hydrogens (tertiary/aromatic N) is 3. The second-order valence-corrected chi connectivity index (χ2v) is 7.25. The molecule has 0 amide bonds. The van der Waals surface area contributed by atoms with Crippen LogP contribution in [0.5, 0.6) is 5.75 Å². The van der Waals surface area contributed by atoms with Gasteiger partial charge in [-0.15, -0.1) is 5.10 Å². The predicted octanol–water partition coefficient (Wildman–Crippen LogP) is 4.65. The van der Waals surface area contributed by atoms with E-state index in [0.29, 0.717) is 23.1 Å². The molecular weight excluding hydrogens is 414 g/mol. The van der Waals surface area contributed by atoms with Crippen LogP contribution in [-0.4, -0.2) is 33.5 Å². The molecule has 3 aromatic rings. The number of carboxylic acid groups (broad SMARTS) is 1. The van der Waals surface area contributed by atoms with Gasteiger partial charge in [-0.1, -0.05) is 33.4 Å². The number of ether oxygens (including phenoxy) is 1. The van der Waals surface area contributed by atoms with Gasteiger partial charge in [0.25, 0.3) is 0 Å². The highest BCUT2D eigenvalue weighted by Crippen LogP contribution is 2.26. The molecule has 0 spiro atoms. The van der Waals surface area contributed by atoms with Crippen molar-refractivity contribution in [2.75, 3.05) is 7.11 Å². The maximum atomic E-state index is 10.8. The summed E-state index contributed by atoms with van der Waals surface area (Å²) >= 11 is 7.22. The predicted molar refractivity (Wildman–Crippen MR) is 112 cm³/mol. The summed E-state index contributed by atoms with van der Waals surface area (Å²) in [5.41, 5.74) is 3.04. The molecule has 0 bridgehead atoms. The Kier molecular flexibility index (Phi) is 7.15. The highest BCUT2D eigenvalue weighted by Gasteiger charge is 2.12. The van der Waals surface area contributed by atoms with Crippen molar-refractivity contribution in [3.05, 3.63) is 64.0 Å². The zero-order valence-electron chi connectivity index (χ0n) is 15.5. The Bertz CT molecular complexity index is 988. The fourth-order valence-corrected chi connectivity index (χ4v) is 3.31. The Hall–Kier alpha value is -2.97. The van der Waals surface area contributed by atoms with Crippen LogP contribution in [0, 0.1) is 0 Å². The Balaban J connectivity index is 1.67. The molecule has 9 heteroatoms. The van der Waals surface area contributed by atoms with Crippen LogP contribution in [-0.2, 0) is 16.2 Å². The third-order valence-corrected chi connectivity index (χ3v) is 4.96. The summed E-state index contributed by atoms with van der Waals surface area (Å²) in [4.78, 5) is 16.5. The van der Waals surface area contributed by atoms with Gasteiger partial charge >= 0.3 is 5.97 Å². The summed E-state index contributed by atoms with van der Waals surface area (Å²) < 4.78 is 9.90. The molecule has 1 aromatic heterocycles. The highest BCUT2D eigenvalue weighted by molar-refractivity contribution is 7.05. The van der Waals surface area contributed by atoms with E-state index in [2.05, 4.69) is 14.7 Å². The van der Waals surface area contributed by atoms with Crippen LogP contribution in [0.3, 0.4) is 0 Å². The van der Waals surface area contributed by atoms with Crippen LogP contribution in [0.2, 0.25) is 5.02 Å². The number of halogens is 1. The van der Waals surface area contributed by atoms with Gasteiger partial charge in [0.2, 0.25) is 0 Å². The minimum absolute atomic E-state index is 0.0215. The van der Waals surface area contributed by atoms with Gasteiger partial charge in [-0.25, -0.2) is 0 Å². The molecule has 0 aliphatic rings. The Labute approximate surface area is 176 Å². The third kappa shape index (κ3) is 5.75. The van der Waals surface area contributed by atoms with Gasteiger partial charge in [0, 0.05) is 17.0 Å². The standard InChI is InChI=1S/C20H18ClN3O4S/c1-27-23-17(10-11-19(25)26)13-4-8-16(9-5-13)28-12-18-20(22-24-29-18)14-2-6-15(21)7-3-14/h2-9H,10-12H2,1H3,(H,25,26)/b23-17+. The summed E-state index contributed by atoms with van der Waals surface area (Å²) in [6, 6.07) is 14.7. The van der Waals surface area contributed by atoms with E-state index in [4.69, 9.17) is 26.3 Å². The first-order chi connectivity index (χ1) is 14.1. The SMILES string of the molecule is CO/N=C(\CCC(=O)O)c1ccc(OCc2snnc2-c2ccc(Cl)cc2)cc1. The number of hydrogen-bond acceptors (Lipinski definition) is 7. The molecule has 0 unspecified atom stereocenters. The smallest absolute Gasteiger partial charge is 0.303 e. The van der Waals surface area contributed by atoms with E-state index >= 15 is 0 Å². The van der Waals surface area contributed by atoms with Crippen molar-refractivity contribution in [3.63, 3.8) is 0 Å². The quantitative estimate of drug-likeness (QED) is 0.391. The molecule has 0 saturated carbocycles. The van der Waals surface area contributed by atoms with Gasteiger partial charge in [-0.05, 0) is 53.5 Å². The molecular formula is C20H18ClN3O4S. The number of oxime groups is 1. The van der Waals surface area contributed by atoms with Crippen LogP contribution in [0.4, 0.5) is 0 Å². The van der Waals surface area contributed by atoms with E-state index in [1.165, 1.54) is 18.6 Å². The molecule has 7 nitrogen and oxygen atoms in total. The number of carboxylic acids is 1. The largest absolute Gasteiger partial charge is 0.488 e. The van der Waals surface area contributed by atoms with Crippen molar-refractivity contribution in [1.82, 2.24) is 9.59 Å². The van der Waals surface area contributed by atoms with Crippen molar-refractivity contribution in [3.8, 4) is 17.0 Å². The van der Waals surface area contributed by atoms with Crippen LogP contribution in [0.1, 0.15) is 23.3 Å². The van der Waals surface area contributed by atoms with E-state index < -0.39 is 5.97 Å². The topological polar surface area (TPSA) is 93.9 Å². The number of carbonyl (C=O) groups is 1. The summed E-state index contributed by atoms with van der Waals surface area (Å²) in [5, 5.41) is 17.6. The third-order valence-electron chi connectivity index (χ3n) is 4.01. The van der Waals surface area contributed by atoms with Gasteiger partial charge in [-0.3, -0.25) is 4.79 Å². The summed E-state index contributed by atoms with van der Waals surface area (Å²) in [6.45, 7) is 0.326. The van der Waals surface area contributed by atoms with Crippen LogP contribution >= 0.6 is 23.1 Å². The number of hydrogen-bond donors (Lipinski definition) is 1. The van der Waals surface area contributed by atoms with Crippen molar-refractivity contribution in [1.29, 1.82) is 0 Å². The minimum atomic E-state index is -0.886. The highest BCUT2D eigenvalue weighted by atomic mass is 35.5. The first-order valence-corrected chi connectivity index (χ1v) is 9.84. The van der Waals surface area contributed by atoms with E-state index in [-0.39, 0.29) is 12.8 Å². The van der Waals surface area contributed by atoms with E-state index in [1.807, 2.05) is 36.4 Å². The molecule has 150 valence electrons. The van der Waals surface area contributed by atoms with Crippen LogP contribution in [0.25, 0.3) is 11.3 Å². The van der Waals surface area contributed by atoms with Gasteiger partial charge in [0.1, 0.15) is 25.2 Å². The lowest BCUT2D eigenvalue weighted by molar-refractivity contribution is -0.136. The normalized spacial score (nSPS) is 11.3. The van der Waals surface area contributed by atoms with Gasteiger partial charge in [-0.2, -0.15) is 0 Å². The Morgan fingerprint density at radius 1 is 1.14 bits per heavy atom. The second-order valence-electron chi connectivity index (χ2n) is 5.98. The monoisotopic (exact) mass is 431 g/mol. The average Bonchev–Trinajstić information content (AvgIpc) is 3.19. The molecule has 3 rings (SSSR count). The van der Waals surface area contributed by atoms with E-state index in [9.17, 15) is 4.79 Å². The van der Waals surface area contributed by atoms with Crippen molar-refractivity contribution in [2.45, 2.75) is 19.4 Å². The molecule has 29 heavy (non-hydrogen) atoms. The minimum Gasteiger partial charge on any atom is -0.488 e. The van der Waals surface area contributed by atoms with Crippen molar-refractivity contribution < 1.29 is 19.5 Å². The fourth-order valence-electron chi connectivity index (χ4n) is 2.60. The van der Waals surface area contributed by atoms with Gasteiger partial charge in [0.15, 0.2) is 0 Å². The zero-order chi connectivity index (χ0) is 20.6. The summed E-state index contributed by atoms with van der Waals surface area (Å²) in [5.74, 6) is -0.220. The lowest BCUT2D eigenvalue weighted by atomic mass is 10.1. The maximum Gasteiger partial charge on any atom is 0.303 e. The number of benzene rings is 2. The fraction of sp³-hybridized carbons (Fsp3) is 0.200. The molecule has 2 aromatic carbocycles. The van der Waals surface area contributed by atoms with E-state index in [1.54, 1.807) is 12.1 Å². The van der Waals surface area contributed by atoms with Crippen LogP contribution in [0.15, 0.2) is 53.7 Å². The Morgan fingerprint density at radius 3 is 2.52 bits per heavy atom. The summed E-state index contributed by atoms with van der Waals surface area (Å²) in [7, 11) is 1.43. The van der Waals surface area contributed by atoms with Crippen LogP contribution < -0.4 is 4.74 Å². The molecule has 0 radical (unpaired) electrons. The average molecular weight is 432 g/mol. The molecule has 1 N–H and O–H groups in total. The van der Waals surface area contributed by atoms with Gasteiger partial charge < -0.3 is 14.7 Å². The second kappa shape index (κ2) is 9.99. The number of aromatic nitrogens is 2. The first-order valence-electron chi connectivity index (χ1n) is 8.69. The van der Waals surface area contributed by atoms with Gasteiger partial charge in [0.05, 0.1) is 17.0 Å². The first kappa shape index (κ1) is 20.8. The molecule has 0 saturated heterocycles.